The molecule has 22 heavy (non-hydrogen) atoms. The highest BCUT2D eigenvalue weighted by atomic mass is 79.9. The molecular formula is C16H18BrNO3S. The molecule has 0 unspecified atom stereocenters. The van der Waals surface area contributed by atoms with Crippen molar-refractivity contribution in [3.05, 3.63) is 58.1 Å². The molecule has 2 aromatic carbocycles. The lowest BCUT2D eigenvalue weighted by Gasteiger charge is -2.19. The number of benzene rings is 2. The van der Waals surface area contributed by atoms with E-state index in [1.54, 1.807) is 19.2 Å². The van der Waals surface area contributed by atoms with Gasteiger partial charge < -0.3 is 4.74 Å². The van der Waals surface area contributed by atoms with Crippen LogP contribution in [0.3, 0.4) is 0 Å². The van der Waals surface area contributed by atoms with E-state index in [9.17, 15) is 8.42 Å². The van der Waals surface area contributed by atoms with Crippen LogP contribution in [0.25, 0.3) is 0 Å². The molecule has 0 aliphatic rings. The summed E-state index contributed by atoms with van der Waals surface area (Å²) in [5, 5.41) is 0. The van der Waals surface area contributed by atoms with E-state index < -0.39 is 10.0 Å². The number of sulfonamides is 1. The number of hydrogen-bond acceptors (Lipinski definition) is 3. The molecule has 0 amide bonds. The van der Waals surface area contributed by atoms with Gasteiger partial charge in [0.25, 0.3) is 0 Å². The fourth-order valence-electron chi connectivity index (χ4n) is 2.09. The highest BCUT2D eigenvalue weighted by Crippen LogP contribution is 2.28. The van der Waals surface area contributed by atoms with Crippen LogP contribution in [0.15, 0.2) is 51.8 Å². The zero-order valence-corrected chi connectivity index (χ0v) is 15.1. The van der Waals surface area contributed by atoms with E-state index in [0.29, 0.717) is 12.3 Å². The number of halogens is 1. The molecule has 0 N–H and O–H groups in total. The van der Waals surface area contributed by atoms with Crippen molar-refractivity contribution >= 4 is 26.0 Å². The predicted molar refractivity (Wildman–Crippen MR) is 90.5 cm³/mol. The third kappa shape index (κ3) is 3.69. The van der Waals surface area contributed by atoms with Crippen LogP contribution in [0.1, 0.15) is 11.1 Å². The van der Waals surface area contributed by atoms with Crippen LogP contribution >= 0.6 is 15.9 Å². The summed E-state index contributed by atoms with van der Waals surface area (Å²) in [5.41, 5.74) is 1.79. The van der Waals surface area contributed by atoms with Crippen molar-refractivity contribution in [2.45, 2.75) is 18.4 Å². The van der Waals surface area contributed by atoms with E-state index in [0.717, 1.165) is 15.6 Å². The Morgan fingerprint density at radius 3 is 2.36 bits per heavy atom. The van der Waals surface area contributed by atoms with Crippen LogP contribution < -0.4 is 4.74 Å². The molecule has 118 valence electrons. The Balaban J connectivity index is 2.33. The van der Waals surface area contributed by atoms with Crippen molar-refractivity contribution in [3.8, 4) is 5.75 Å². The quantitative estimate of drug-likeness (QED) is 0.792. The molecule has 2 rings (SSSR count). The molecule has 4 nitrogen and oxygen atoms in total. The van der Waals surface area contributed by atoms with Crippen LogP contribution in [-0.2, 0) is 16.6 Å². The van der Waals surface area contributed by atoms with E-state index in [1.807, 2.05) is 37.3 Å². The van der Waals surface area contributed by atoms with Gasteiger partial charge in [-0.1, -0.05) is 34.1 Å². The topological polar surface area (TPSA) is 46.6 Å². The standard InChI is InChI=1S/C16H18BrNO3S/c1-12-4-9-15(21-3)16(10-12)22(19,20)18(2)11-13-5-7-14(17)8-6-13/h4-10H,11H2,1-3H3. The molecule has 2 aromatic rings. The number of aryl methyl sites for hydroxylation is 1. The summed E-state index contributed by atoms with van der Waals surface area (Å²) in [6.45, 7) is 2.15. The lowest BCUT2D eigenvalue weighted by Crippen LogP contribution is -2.27. The zero-order valence-electron chi connectivity index (χ0n) is 12.7. The lowest BCUT2D eigenvalue weighted by molar-refractivity contribution is 0.397. The molecule has 0 saturated carbocycles. The van der Waals surface area contributed by atoms with E-state index in [-0.39, 0.29) is 4.90 Å². The molecular weight excluding hydrogens is 366 g/mol. The molecule has 0 aromatic heterocycles. The fraction of sp³-hybridized carbons (Fsp3) is 0.250. The molecule has 0 fully saturated rings. The summed E-state index contributed by atoms with van der Waals surface area (Å²) in [7, 11) is -0.577. The van der Waals surface area contributed by atoms with Crippen LogP contribution in [0, 0.1) is 6.92 Å². The van der Waals surface area contributed by atoms with Crippen LogP contribution in [0.2, 0.25) is 0 Å². The molecule has 0 radical (unpaired) electrons. The SMILES string of the molecule is COc1ccc(C)cc1S(=O)(=O)N(C)Cc1ccc(Br)cc1. The van der Waals surface area contributed by atoms with Crippen molar-refractivity contribution in [2.24, 2.45) is 0 Å². The Labute approximate surface area is 139 Å². The number of nitrogens with zero attached hydrogens (tertiary/aromatic N) is 1. The van der Waals surface area contributed by atoms with Crippen LogP contribution in [0.5, 0.6) is 5.75 Å². The van der Waals surface area contributed by atoms with Crippen molar-refractivity contribution in [1.82, 2.24) is 4.31 Å². The maximum absolute atomic E-state index is 12.8. The Hall–Kier alpha value is -1.37. The first kappa shape index (κ1) is 17.0. The number of ether oxygens (including phenoxy) is 1. The second-order valence-electron chi connectivity index (χ2n) is 5.04. The second kappa shape index (κ2) is 6.81. The number of rotatable bonds is 5. The van der Waals surface area contributed by atoms with Gasteiger partial charge in [-0.2, -0.15) is 4.31 Å². The third-order valence-electron chi connectivity index (χ3n) is 3.33. The first-order chi connectivity index (χ1) is 10.3. The van der Waals surface area contributed by atoms with Gasteiger partial charge in [0.1, 0.15) is 10.6 Å². The highest BCUT2D eigenvalue weighted by Gasteiger charge is 2.25. The van der Waals surface area contributed by atoms with Gasteiger partial charge in [0.15, 0.2) is 0 Å². The van der Waals surface area contributed by atoms with Gasteiger partial charge in [-0.3, -0.25) is 0 Å². The second-order valence-corrected chi connectivity index (χ2v) is 7.97. The molecule has 0 aliphatic carbocycles. The first-order valence-corrected chi connectivity index (χ1v) is 8.93. The molecule has 0 saturated heterocycles. The monoisotopic (exact) mass is 383 g/mol. The van der Waals surface area contributed by atoms with Crippen LogP contribution in [-0.4, -0.2) is 26.9 Å². The molecule has 0 atom stereocenters. The minimum atomic E-state index is -3.62. The Morgan fingerprint density at radius 2 is 1.77 bits per heavy atom. The van der Waals surface area contributed by atoms with E-state index >= 15 is 0 Å². The summed E-state index contributed by atoms with van der Waals surface area (Å²) in [6, 6.07) is 12.7. The van der Waals surface area contributed by atoms with E-state index in [4.69, 9.17) is 4.74 Å². The van der Waals surface area contributed by atoms with Gasteiger partial charge in [-0.25, -0.2) is 8.42 Å². The molecule has 0 bridgehead atoms. The van der Waals surface area contributed by atoms with Gasteiger partial charge in [0.2, 0.25) is 10.0 Å². The summed E-state index contributed by atoms with van der Waals surface area (Å²) >= 11 is 3.37. The molecule has 0 aliphatic heterocycles. The van der Waals surface area contributed by atoms with Gasteiger partial charge in [0, 0.05) is 18.1 Å². The minimum absolute atomic E-state index is 0.189. The van der Waals surface area contributed by atoms with Crippen molar-refractivity contribution < 1.29 is 13.2 Å². The van der Waals surface area contributed by atoms with Gasteiger partial charge >= 0.3 is 0 Å². The summed E-state index contributed by atoms with van der Waals surface area (Å²) in [4.78, 5) is 0.189. The maximum atomic E-state index is 12.8. The predicted octanol–water partition coefficient (Wildman–Crippen LogP) is 3.59. The van der Waals surface area contributed by atoms with Crippen LogP contribution in [0.4, 0.5) is 0 Å². The largest absolute Gasteiger partial charge is 0.495 e. The Kier molecular flexibility index (Phi) is 5.26. The first-order valence-electron chi connectivity index (χ1n) is 6.70. The van der Waals surface area contributed by atoms with Gasteiger partial charge in [-0.15, -0.1) is 0 Å². The van der Waals surface area contributed by atoms with Crippen molar-refractivity contribution in [3.63, 3.8) is 0 Å². The summed E-state index contributed by atoms with van der Waals surface area (Å²) < 4.78 is 33.0. The molecule has 0 heterocycles. The van der Waals surface area contributed by atoms with Gasteiger partial charge in [-0.05, 0) is 42.3 Å². The fourth-order valence-corrected chi connectivity index (χ4v) is 3.74. The lowest BCUT2D eigenvalue weighted by atomic mass is 10.2. The van der Waals surface area contributed by atoms with Crippen molar-refractivity contribution in [2.75, 3.05) is 14.2 Å². The average molecular weight is 384 g/mol. The van der Waals surface area contributed by atoms with Crippen molar-refractivity contribution in [1.29, 1.82) is 0 Å². The minimum Gasteiger partial charge on any atom is -0.495 e. The molecule has 0 spiro atoms. The van der Waals surface area contributed by atoms with Gasteiger partial charge in [0.05, 0.1) is 7.11 Å². The summed E-state index contributed by atoms with van der Waals surface area (Å²) in [5.74, 6) is 0.355. The maximum Gasteiger partial charge on any atom is 0.246 e. The normalized spacial score (nSPS) is 11.7. The number of methoxy groups -OCH3 is 1. The Bertz CT molecular complexity index is 757. The third-order valence-corrected chi connectivity index (χ3v) is 5.68. The average Bonchev–Trinajstić information content (AvgIpc) is 2.49. The van der Waals surface area contributed by atoms with E-state index in [2.05, 4.69) is 15.9 Å². The smallest absolute Gasteiger partial charge is 0.246 e. The highest BCUT2D eigenvalue weighted by molar-refractivity contribution is 9.10. The zero-order chi connectivity index (χ0) is 16.3. The summed E-state index contributed by atoms with van der Waals surface area (Å²) in [6.07, 6.45) is 0. The Morgan fingerprint density at radius 1 is 1.14 bits per heavy atom. The number of hydrogen-bond donors (Lipinski definition) is 0. The van der Waals surface area contributed by atoms with E-state index in [1.165, 1.54) is 11.4 Å². The molecule has 6 heteroatoms.